The summed E-state index contributed by atoms with van der Waals surface area (Å²) in [5.41, 5.74) is 6.86. The molecule has 1 aromatic carbocycles. The number of nitrogens with two attached hydrogens (primary N) is 1. The average Bonchev–Trinajstić information content (AvgIpc) is 2.80. The van der Waals surface area contributed by atoms with Gasteiger partial charge >= 0.3 is 0 Å². The molecular weight excluding hydrogens is 226 g/mol. The molecule has 0 bridgehead atoms. The highest BCUT2D eigenvalue weighted by atomic mass is 35.5. The fraction of sp³-hybridized carbons (Fsp3) is 0.500. The Bertz CT molecular complexity index is 340. The van der Waals surface area contributed by atoms with E-state index in [2.05, 4.69) is 0 Å². The molecule has 0 aromatic heterocycles. The molecule has 2 rings (SSSR count). The molecule has 0 spiro atoms. The van der Waals surface area contributed by atoms with Crippen LogP contribution in [0.15, 0.2) is 24.3 Å². The Kier molecular flexibility index (Phi) is 4.18. The molecule has 1 aromatic rings. The minimum Gasteiger partial charge on any atom is -0.350 e. The van der Waals surface area contributed by atoms with E-state index in [1.54, 1.807) is 0 Å². The van der Waals surface area contributed by atoms with Gasteiger partial charge in [0.2, 0.25) is 0 Å². The van der Waals surface area contributed by atoms with Crippen molar-refractivity contribution in [3.05, 3.63) is 34.9 Å². The van der Waals surface area contributed by atoms with Gasteiger partial charge in [-0.2, -0.15) is 0 Å². The summed E-state index contributed by atoms with van der Waals surface area (Å²) < 4.78 is 10.9. The Labute approximate surface area is 100 Å². The summed E-state index contributed by atoms with van der Waals surface area (Å²) in [6, 6.07) is 7.78. The Morgan fingerprint density at radius 2 is 2.00 bits per heavy atom. The van der Waals surface area contributed by atoms with Crippen molar-refractivity contribution < 1.29 is 9.47 Å². The highest BCUT2D eigenvalue weighted by molar-refractivity contribution is 6.31. The maximum Gasteiger partial charge on any atom is 0.158 e. The first kappa shape index (κ1) is 11.9. The molecular formula is C12H16ClNO2. The van der Waals surface area contributed by atoms with E-state index in [0.29, 0.717) is 19.8 Å². The second-order valence-electron chi connectivity index (χ2n) is 3.86. The van der Waals surface area contributed by atoms with Gasteiger partial charge in [0, 0.05) is 17.4 Å². The monoisotopic (exact) mass is 241 g/mol. The van der Waals surface area contributed by atoms with Crippen molar-refractivity contribution in [2.45, 2.75) is 18.6 Å². The van der Waals surface area contributed by atoms with Crippen molar-refractivity contribution >= 4 is 11.6 Å². The molecule has 0 saturated carbocycles. The molecule has 1 saturated heterocycles. The van der Waals surface area contributed by atoms with Crippen LogP contribution in [0.2, 0.25) is 5.02 Å². The van der Waals surface area contributed by atoms with Crippen molar-refractivity contribution in [1.29, 1.82) is 0 Å². The first-order valence-corrected chi connectivity index (χ1v) is 5.86. The minimum absolute atomic E-state index is 0.134. The van der Waals surface area contributed by atoms with Gasteiger partial charge in [0.15, 0.2) is 6.29 Å². The number of hydrogen-bond donors (Lipinski definition) is 1. The van der Waals surface area contributed by atoms with E-state index in [-0.39, 0.29) is 12.2 Å². The third-order valence-electron chi connectivity index (χ3n) is 2.80. The van der Waals surface area contributed by atoms with Gasteiger partial charge in [0.25, 0.3) is 0 Å². The first-order chi connectivity index (χ1) is 7.81. The van der Waals surface area contributed by atoms with Crippen molar-refractivity contribution in [3.63, 3.8) is 0 Å². The Hall–Kier alpha value is -0.610. The molecule has 0 aliphatic carbocycles. The van der Waals surface area contributed by atoms with Crippen LogP contribution in [0.3, 0.4) is 0 Å². The molecule has 1 aliphatic rings. The van der Waals surface area contributed by atoms with Crippen molar-refractivity contribution in [1.82, 2.24) is 0 Å². The van der Waals surface area contributed by atoms with Gasteiger partial charge < -0.3 is 15.2 Å². The molecule has 2 N–H and O–H groups in total. The van der Waals surface area contributed by atoms with Crippen molar-refractivity contribution in [2.24, 2.45) is 5.73 Å². The van der Waals surface area contributed by atoms with Crippen LogP contribution < -0.4 is 5.73 Å². The van der Waals surface area contributed by atoms with E-state index >= 15 is 0 Å². The topological polar surface area (TPSA) is 44.5 Å². The summed E-state index contributed by atoms with van der Waals surface area (Å²) in [6.07, 6.45) is 0.630. The second kappa shape index (κ2) is 5.64. The number of ether oxygens (including phenoxy) is 2. The van der Waals surface area contributed by atoms with Crippen molar-refractivity contribution in [3.8, 4) is 0 Å². The number of hydrogen-bond acceptors (Lipinski definition) is 3. The Balaban J connectivity index is 2.06. The van der Waals surface area contributed by atoms with Crippen molar-refractivity contribution in [2.75, 3.05) is 19.8 Å². The van der Waals surface area contributed by atoms with Gasteiger partial charge in [0.05, 0.1) is 13.2 Å². The second-order valence-corrected chi connectivity index (χ2v) is 4.27. The summed E-state index contributed by atoms with van der Waals surface area (Å²) in [6.45, 7) is 1.89. The Morgan fingerprint density at radius 3 is 2.62 bits per heavy atom. The van der Waals surface area contributed by atoms with E-state index in [9.17, 15) is 0 Å². The van der Waals surface area contributed by atoms with E-state index in [1.165, 1.54) is 0 Å². The lowest BCUT2D eigenvalue weighted by atomic mass is 9.95. The summed E-state index contributed by atoms with van der Waals surface area (Å²) >= 11 is 6.15. The van der Waals surface area contributed by atoms with Gasteiger partial charge in [0.1, 0.15) is 0 Å². The van der Waals surface area contributed by atoms with E-state index in [4.69, 9.17) is 26.8 Å². The van der Waals surface area contributed by atoms with Gasteiger partial charge in [-0.15, -0.1) is 0 Å². The van der Waals surface area contributed by atoms with Gasteiger partial charge in [-0.3, -0.25) is 0 Å². The minimum atomic E-state index is -0.134. The zero-order chi connectivity index (χ0) is 11.4. The third kappa shape index (κ3) is 2.74. The van der Waals surface area contributed by atoms with E-state index in [0.717, 1.165) is 17.0 Å². The first-order valence-electron chi connectivity index (χ1n) is 5.49. The quantitative estimate of drug-likeness (QED) is 0.879. The summed E-state index contributed by atoms with van der Waals surface area (Å²) in [4.78, 5) is 0. The molecule has 88 valence electrons. The predicted molar refractivity (Wildman–Crippen MR) is 63.6 cm³/mol. The number of benzene rings is 1. The summed E-state index contributed by atoms with van der Waals surface area (Å²) in [5.74, 6) is 0.191. The largest absolute Gasteiger partial charge is 0.350 e. The SMILES string of the molecule is NCC(CC1OCCO1)c1ccccc1Cl. The summed E-state index contributed by atoms with van der Waals surface area (Å²) in [5, 5.41) is 0.760. The van der Waals surface area contributed by atoms with Gasteiger partial charge in [-0.25, -0.2) is 0 Å². The molecule has 1 heterocycles. The lowest BCUT2D eigenvalue weighted by Crippen LogP contribution is -2.20. The van der Waals surface area contributed by atoms with Crippen LogP contribution in [-0.2, 0) is 9.47 Å². The molecule has 1 atom stereocenters. The fourth-order valence-electron chi connectivity index (χ4n) is 1.93. The molecule has 4 heteroatoms. The molecule has 0 amide bonds. The highest BCUT2D eigenvalue weighted by Gasteiger charge is 2.22. The van der Waals surface area contributed by atoms with Gasteiger partial charge in [-0.05, 0) is 18.2 Å². The standard InChI is InChI=1S/C12H16ClNO2/c13-11-4-2-1-3-10(11)9(8-14)7-12-15-5-6-16-12/h1-4,9,12H,5-8,14H2. The van der Waals surface area contributed by atoms with Crippen LogP contribution in [0.1, 0.15) is 17.9 Å². The smallest absolute Gasteiger partial charge is 0.158 e. The van der Waals surface area contributed by atoms with Crippen LogP contribution in [0.5, 0.6) is 0 Å². The lowest BCUT2D eigenvalue weighted by molar-refractivity contribution is -0.0506. The maximum atomic E-state index is 6.15. The molecule has 0 radical (unpaired) electrons. The van der Waals surface area contributed by atoms with Crippen LogP contribution in [-0.4, -0.2) is 26.0 Å². The maximum absolute atomic E-state index is 6.15. The molecule has 1 fully saturated rings. The molecule has 3 nitrogen and oxygen atoms in total. The van der Waals surface area contributed by atoms with E-state index < -0.39 is 0 Å². The normalized spacial score (nSPS) is 18.9. The zero-order valence-corrected chi connectivity index (χ0v) is 9.82. The lowest BCUT2D eigenvalue weighted by Gasteiger charge is -2.19. The average molecular weight is 242 g/mol. The van der Waals surface area contributed by atoms with Crippen LogP contribution in [0.4, 0.5) is 0 Å². The molecule has 1 unspecified atom stereocenters. The zero-order valence-electron chi connectivity index (χ0n) is 9.06. The van der Waals surface area contributed by atoms with Crippen LogP contribution >= 0.6 is 11.6 Å². The number of rotatable bonds is 4. The molecule has 16 heavy (non-hydrogen) atoms. The predicted octanol–water partition coefficient (Wildman–Crippen LogP) is 2.15. The fourth-order valence-corrected chi connectivity index (χ4v) is 2.22. The van der Waals surface area contributed by atoms with Crippen LogP contribution in [0.25, 0.3) is 0 Å². The van der Waals surface area contributed by atoms with E-state index in [1.807, 2.05) is 24.3 Å². The Morgan fingerprint density at radius 1 is 1.31 bits per heavy atom. The van der Waals surface area contributed by atoms with Crippen LogP contribution in [0, 0.1) is 0 Å². The highest BCUT2D eigenvalue weighted by Crippen LogP contribution is 2.28. The number of halogens is 1. The summed E-state index contributed by atoms with van der Waals surface area (Å²) in [7, 11) is 0. The third-order valence-corrected chi connectivity index (χ3v) is 3.14. The van der Waals surface area contributed by atoms with Gasteiger partial charge in [-0.1, -0.05) is 29.8 Å². The molecule has 1 aliphatic heterocycles.